The summed E-state index contributed by atoms with van der Waals surface area (Å²) < 4.78 is 0. The predicted molar refractivity (Wildman–Crippen MR) is 88.6 cm³/mol. The van der Waals surface area contributed by atoms with Crippen LogP contribution in [-0.2, 0) is 0 Å². The van der Waals surface area contributed by atoms with Gasteiger partial charge in [0.2, 0.25) is 0 Å². The first-order valence-corrected chi connectivity index (χ1v) is 8.96. The minimum Gasteiger partial charge on any atom is -0.394 e. The molecule has 2 fully saturated rings. The number of aliphatic hydroxyl groups excluding tert-OH is 1. The zero-order chi connectivity index (χ0) is 15.1. The summed E-state index contributed by atoms with van der Waals surface area (Å²) in [6.07, 6.45) is 6.46. The first-order chi connectivity index (χ1) is 10.1. The molecule has 1 atom stereocenters. The van der Waals surface area contributed by atoms with E-state index in [1.807, 2.05) is 0 Å². The molecule has 0 aromatic rings. The summed E-state index contributed by atoms with van der Waals surface area (Å²) in [7, 11) is 0. The summed E-state index contributed by atoms with van der Waals surface area (Å²) in [6.45, 7) is 13.0. The van der Waals surface area contributed by atoms with Gasteiger partial charge < -0.3 is 20.2 Å². The maximum absolute atomic E-state index is 9.49. The van der Waals surface area contributed by atoms with Crippen molar-refractivity contribution in [2.75, 3.05) is 52.4 Å². The van der Waals surface area contributed by atoms with Gasteiger partial charge in [-0.1, -0.05) is 13.3 Å². The molecule has 1 saturated heterocycles. The van der Waals surface area contributed by atoms with Crippen molar-refractivity contribution in [1.29, 1.82) is 0 Å². The molecule has 21 heavy (non-hydrogen) atoms. The third kappa shape index (κ3) is 6.23. The zero-order valence-corrected chi connectivity index (χ0v) is 14.1. The van der Waals surface area contributed by atoms with Crippen LogP contribution in [0.2, 0.25) is 0 Å². The highest BCUT2D eigenvalue weighted by Crippen LogP contribution is 2.29. The van der Waals surface area contributed by atoms with Gasteiger partial charge in [0.1, 0.15) is 0 Å². The maximum Gasteiger partial charge on any atom is 0.0610 e. The number of hydrogen-bond acceptors (Lipinski definition) is 4. The number of rotatable bonds is 10. The molecule has 0 bridgehead atoms. The second-order valence-electron chi connectivity index (χ2n) is 7.29. The van der Waals surface area contributed by atoms with E-state index in [0.29, 0.717) is 0 Å². The van der Waals surface area contributed by atoms with E-state index in [2.05, 4.69) is 29.0 Å². The Morgan fingerprint density at radius 3 is 2.33 bits per heavy atom. The van der Waals surface area contributed by atoms with Crippen molar-refractivity contribution in [3.8, 4) is 0 Å². The number of unbranched alkanes of at least 4 members (excludes halogenated alkanes) is 1. The van der Waals surface area contributed by atoms with Gasteiger partial charge in [-0.25, -0.2) is 0 Å². The molecule has 0 radical (unpaired) electrons. The van der Waals surface area contributed by atoms with Crippen molar-refractivity contribution in [2.24, 2.45) is 5.92 Å². The third-order valence-corrected chi connectivity index (χ3v) is 5.08. The van der Waals surface area contributed by atoms with Gasteiger partial charge in [0.15, 0.2) is 0 Å². The van der Waals surface area contributed by atoms with Crippen molar-refractivity contribution in [3.63, 3.8) is 0 Å². The first-order valence-electron chi connectivity index (χ1n) is 8.96. The van der Waals surface area contributed by atoms with Crippen LogP contribution < -0.4 is 5.32 Å². The highest BCUT2D eigenvalue weighted by atomic mass is 16.3. The van der Waals surface area contributed by atoms with Gasteiger partial charge in [0.05, 0.1) is 6.61 Å². The van der Waals surface area contributed by atoms with Crippen LogP contribution in [0.4, 0.5) is 0 Å². The number of piperazine rings is 1. The molecule has 1 aliphatic heterocycles. The van der Waals surface area contributed by atoms with Crippen LogP contribution in [-0.4, -0.2) is 72.9 Å². The molecule has 1 unspecified atom stereocenters. The molecule has 2 aliphatic rings. The predicted octanol–water partition coefficient (Wildman–Crippen LogP) is 1.54. The van der Waals surface area contributed by atoms with Gasteiger partial charge in [-0.2, -0.15) is 0 Å². The topological polar surface area (TPSA) is 38.7 Å². The number of nitrogens with one attached hydrogen (secondary N) is 1. The minimum absolute atomic E-state index is 0.0856. The van der Waals surface area contributed by atoms with Gasteiger partial charge in [-0.15, -0.1) is 0 Å². The Kier molecular flexibility index (Phi) is 6.93. The summed E-state index contributed by atoms with van der Waals surface area (Å²) >= 11 is 0. The lowest BCUT2D eigenvalue weighted by Crippen LogP contribution is -2.47. The summed E-state index contributed by atoms with van der Waals surface area (Å²) in [4.78, 5) is 5.27. The van der Waals surface area contributed by atoms with Crippen LogP contribution in [0.25, 0.3) is 0 Å². The molecule has 0 aromatic heterocycles. The summed E-state index contributed by atoms with van der Waals surface area (Å²) in [5.74, 6) is 1.03. The van der Waals surface area contributed by atoms with E-state index in [1.165, 1.54) is 65.0 Å². The maximum atomic E-state index is 9.49. The lowest BCUT2D eigenvalue weighted by molar-refractivity contribution is 0.123. The summed E-state index contributed by atoms with van der Waals surface area (Å²) in [5, 5.41) is 12.9. The lowest BCUT2D eigenvalue weighted by atomic mass is 9.95. The van der Waals surface area contributed by atoms with Crippen molar-refractivity contribution >= 4 is 0 Å². The van der Waals surface area contributed by atoms with Crippen LogP contribution in [0.3, 0.4) is 0 Å². The largest absolute Gasteiger partial charge is 0.394 e. The van der Waals surface area contributed by atoms with E-state index >= 15 is 0 Å². The molecule has 124 valence electrons. The molecule has 4 nitrogen and oxygen atoms in total. The fourth-order valence-electron chi connectivity index (χ4n) is 3.36. The standard InChI is InChI=1S/C17H35N3O/c1-3-18-17(2,15-21)8-4-5-9-19-10-12-20(13-11-19)14-16-6-7-16/h16,18,21H,3-15H2,1-2H3. The van der Waals surface area contributed by atoms with Crippen LogP contribution in [0, 0.1) is 5.92 Å². The molecule has 0 aromatic carbocycles. The third-order valence-electron chi connectivity index (χ3n) is 5.08. The zero-order valence-electron chi connectivity index (χ0n) is 14.1. The van der Waals surface area contributed by atoms with Crippen molar-refractivity contribution in [3.05, 3.63) is 0 Å². The Hall–Kier alpha value is -0.160. The van der Waals surface area contributed by atoms with E-state index in [1.54, 1.807) is 0 Å². The lowest BCUT2D eigenvalue weighted by Gasteiger charge is -2.35. The number of nitrogens with zero attached hydrogens (tertiary/aromatic N) is 2. The van der Waals surface area contributed by atoms with Crippen LogP contribution in [0.15, 0.2) is 0 Å². The van der Waals surface area contributed by atoms with Gasteiger partial charge in [0.25, 0.3) is 0 Å². The van der Waals surface area contributed by atoms with E-state index < -0.39 is 0 Å². The molecule has 4 heteroatoms. The fourth-order valence-corrected chi connectivity index (χ4v) is 3.36. The van der Waals surface area contributed by atoms with Crippen molar-refractivity contribution in [1.82, 2.24) is 15.1 Å². The van der Waals surface area contributed by atoms with Gasteiger partial charge >= 0.3 is 0 Å². The fraction of sp³-hybridized carbons (Fsp3) is 1.00. The molecular weight excluding hydrogens is 262 g/mol. The molecule has 1 saturated carbocycles. The second-order valence-corrected chi connectivity index (χ2v) is 7.29. The van der Waals surface area contributed by atoms with E-state index in [-0.39, 0.29) is 12.1 Å². The average molecular weight is 297 g/mol. The van der Waals surface area contributed by atoms with E-state index in [0.717, 1.165) is 18.9 Å². The summed E-state index contributed by atoms with van der Waals surface area (Å²) in [6, 6.07) is 0. The molecule has 0 amide bonds. The van der Waals surface area contributed by atoms with Gasteiger partial charge in [0, 0.05) is 38.3 Å². The van der Waals surface area contributed by atoms with Crippen molar-refractivity contribution < 1.29 is 5.11 Å². The molecule has 1 aliphatic carbocycles. The average Bonchev–Trinajstić information content (AvgIpc) is 3.30. The second kappa shape index (κ2) is 8.47. The van der Waals surface area contributed by atoms with Crippen LogP contribution in [0.1, 0.15) is 46.0 Å². The SMILES string of the molecule is CCNC(C)(CO)CCCCN1CCN(CC2CC2)CC1. The number of likely N-dealkylation sites (N-methyl/N-ethyl adjacent to an activating group) is 1. The molecule has 1 heterocycles. The van der Waals surface area contributed by atoms with E-state index in [9.17, 15) is 5.11 Å². The van der Waals surface area contributed by atoms with E-state index in [4.69, 9.17) is 0 Å². The quantitative estimate of drug-likeness (QED) is 0.600. The number of hydrogen-bond donors (Lipinski definition) is 2. The normalized spacial score (nSPS) is 24.1. The van der Waals surface area contributed by atoms with Crippen LogP contribution >= 0.6 is 0 Å². The Balaban J connectivity index is 1.53. The Labute approximate surface area is 130 Å². The van der Waals surface area contributed by atoms with Crippen LogP contribution in [0.5, 0.6) is 0 Å². The molecule has 0 spiro atoms. The Morgan fingerprint density at radius 2 is 1.76 bits per heavy atom. The number of aliphatic hydroxyl groups is 1. The van der Waals surface area contributed by atoms with Gasteiger partial charge in [-0.3, -0.25) is 0 Å². The first kappa shape index (κ1) is 17.2. The smallest absolute Gasteiger partial charge is 0.0610 e. The monoisotopic (exact) mass is 297 g/mol. The molecule has 2 N–H and O–H groups in total. The van der Waals surface area contributed by atoms with Gasteiger partial charge in [-0.05, 0) is 51.6 Å². The van der Waals surface area contributed by atoms with Crippen molar-refractivity contribution in [2.45, 2.75) is 51.5 Å². The molecule has 2 rings (SSSR count). The molecular formula is C17H35N3O. The minimum atomic E-state index is -0.0856. The Bertz CT molecular complexity index is 288. The highest BCUT2D eigenvalue weighted by Gasteiger charge is 2.26. The highest BCUT2D eigenvalue weighted by molar-refractivity contribution is 4.82. The summed E-state index contributed by atoms with van der Waals surface area (Å²) in [5.41, 5.74) is -0.0856. The Morgan fingerprint density at radius 1 is 1.10 bits per heavy atom.